The van der Waals surface area contributed by atoms with Crippen LogP contribution in [-0.2, 0) is 23.8 Å². The van der Waals surface area contributed by atoms with Crippen molar-refractivity contribution in [3.63, 3.8) is 0 Å². The Morgan fingerprint density at radius 2 is 2.00 bits per heavy atom. The summed E-state index contributed by atoms with van der Waals surface area (Å²) in [4.78, 5) is 22.4. The Hall–Kier alpha value is -1.04. The lowest BCUT2D eigenvalue weighted by molar-refractivity contribution is -0.154. The maximum absolute atomic E-state index is 11.5. The number of esters is 2. The maximum Gasteiger partial charge on any atom is 0.306 e. The van der Waals surface area contributed by atoms with E-state index in [2.05, 4.69) is 4.74 Å². The Labute approximate surface area is 102 Å². The van der Waals surface area contributed by atoms with E-state index in [0.717, 1.165) is 12.8 Å². The smallest absolute Gasteiger partial charge is 0.306 e. The largest absolute Gasteiger partial charge is 0.469 e. The topological polar surface area (TPSA) is 61.8 Å². The molecular formula is C11H19BO5. The van der Waals surface area contributed by atoms with E-state index in [0.29, 0.717) is 0 Å². The summed E-state index contributed by atoms with van der Waals surface area (Å²) in [5.74, 6) is -0.762. The molecule has 5 nitrogen and oxygen atoms in total. The van der Waals surface area contributed by atoms with E-state index < -0.39 is 5.97 Å². The van der Waals surface area contributed by atoms with Crippen molar-refractivity contribution in [2.24, 2.45) is 0 Å². The van der Waals surface area contributed by atoms with Gasteiger partial charge in [-0.15, -0.1) is 0 Å². The zero-order valence-corrected chi connectivity index (χ0v) is 10.6. The van der Waals surface area contributed by atoms with Crippen molar-refractivity contribution in [3.05, 3.63) is 0 Å². The highest BCUT2D eigenvalue weighted by Gasteiger charge is 2.34. The van der Waals surface area contributed by atoms with E-state index >= 15 is 0 Å². The highest BCUT2D eigenvalue weighted by atomic mass is 16.6. The number of hydrogen-bond acceptors (Lipinski definition) is 5. The monoisotopic (exact) mass is 242 g/mol. The van der Waals surface area contributed by atoms with Crippen molar-refractivity contribution in [3.8, 4) is 0 Å². The second kappa shape index (κ2) is 6.64. The van der Waals surface area contributed by atoms with Gasteiger partial charge in [-0.25, -0.2) is 0 Å². The Morgan fingerprint density at radius 3 is 2.59 bits per heavy atom. The predicted molar refractivity (Wildman–Crippen MR) is 63.2 cm³/mol. The zero-order valence-electron chi connectivity index (χ0n) is 10.6. The molecule has 1 rings (SSSR count). The summed E-state index contributed by atoms with van der Waals surface area (Å²) in [6.45, 7) is 2.00. The molecule has 1 fully saturated rings. The van der Waals surface area contributed by atoms with E-state index in [1.54, 1.807) is 0 Å². The minimum atomic E-state index is -0.398. The molecule has 1 saturated heterocycles. The third-order valence-corrected chi connectivity index (χ3v) is 2.83. The van der Waals surface area contributed by atoms with Gasteiger partial charge in [-0.3, -0.25) is 9.59 Å². The Morgan fingerprint density at radius 1 is 1.35 bits per heavy atom. The molecule has 96 valence electrons. The minimum absolute atomic E-state index is 0.0212. The molecule has 0 N–H and O–H groups in total. The van der Waals surface area contributed by atoms with Crippen molar-refractivity contribution < 1.29 is 23.8 Å². The van der Waals surface area contributed by atoms with Crippen molar-refractivity contribution in [1.29, 1.82) is 0 Å². The molecule has 1 heterocycles. The van der Waals surface area contributed by atoms with Crippen LogP contribution in [0.4, 0.5) is 0 Å². The number of carbonyl (C=O) groups is 2. The molecule has 17 heavy (non-hydrogen) atoms. The van der Waals surface area contributed by atoms with Crippen LogP contribution in [0, 0.1) is 0 Å². The molecule has 0 aliphatic carbocycles. The lowest BCUT2D eigenvalue weighted by atomic mass is 9.96. The van der Waals surface area contributed by atoms with Gasteiger partial charge in [0.2, 0.25) is 0 Å². The number of hydrogen-bond donors (Lipinski definition) is 0. The fourth-order valence-corrected chi connectivity index (χ4v) is 1.94. The van der Waals surface area contributed by atoms with Crippen LogP contribution in [0.2, 0.25) is 0 Å². The van der Waals surface area contributed by atoms with Crippen LogP contribution in [0.25, 0.3) is 0 Å². The second-order valence-electron chi connectivity index (χ2n) is 4.23. The molecule has 1 aliphatic rings. The maximum atomic E-state index is 11.5. The molecule has 0 radical (unpaired) electrons. The van der Waals surface area contributed by atoms with E-state index in [-0.39, 0.29) is 37.0 Å². The second-order valence-corrected chi connectivity index (χ2v) is 4.23. The molecule has 0 unspecified atom stereocenters. The highest BCUT2D eigenvalue weighted by molar-refractivity contribution is 6.11. The van der Waals surface area contributed by atoms with Gasteiger partial charge >= 0.3 is 11.9 Å². The predicted octanol–water partition coefficient (Wildman–Crippen LogP) is 0.00950. The molecule has 0 aromatic rings. The molecular weight excluding hydrogens is 223 g/mol. The average Bonchev–Trinajstić information content (AvgIpc) is 2.66. The van der Waals surface area contributed by atoms with Gasteiger partial charge in [0.25, 0.3) is 0 Å². The van der Waals surface area contributed by atoms with Crippen LogP contribution in [-0.4, -0.2) is 45.1 Å². The third kappa shape index (κ3) is 4.38. The summed E-state index contributed by atoms with van der Waals surface area (Å²) in [6, 6.07) is 0.123. The van der Waals surface area contributed by atoms with Crippen LogP contribution in [0.15, 0.2) is 0 Å². The van der Waals surface area contributed by atoms with Gasteiger partial charge < -0.3 is 14.2 Å². The van der Waals surface area contributed by atoms with Crippen LogP contribution >= 0.6 is 0 Å². The van der Waals surface area contributed by atoms with Crippen LogP contribution in [0.5, 0.6) is 0 Å². The molecule has 6 heteroatoms. The first-order valence-corrected chi connectivity index (χ1v) is 5.98. The number of rotatable bonds is 5. The molecule has 0 aromatic heterocycles. The van der Waals surface area contributed by atoms with Crippen molar-refractivity contribution in [1.82, 2.24) is 0 Å². The molecule has 0 amide bonds. The van der Waals surface area contributed by atoms with Gasteiger partial charge in [-0.1, -0.05) is 6.92 Å². The van der Waals surface area contributed by atoms with E-state index in [1.165, 1.54) is 7.11 Å². The normalized spacial score (nSPS) is 27.8. The summed E-state index contributed by atoms with van der Waals surface area (Å²) in [5, 5.41) is 0. The summed E-state index contributed by atoms with van der Waals surface area (Å²) >= 11 is 0. The van der Waals surface area contributed by atoms with Crippen molar-refractivity contribution >= 4 is 19.8 Å². The van der Waals surface area contributed by atoms with Crippen LogP contribution in [0.1, 0.15) is 32.6 Å². The number of methoxy groups -OCH3 is 1. The summed E-state index contributed by atoms with van der Waals surface area (Å²) in [7, 11) is 3.26. The molecule has 0 aromatic carbocycles. The van der Waals surface area contributed by atoms with Gasteiger partial charge in [-0.2, -0.15) is 0 Å². The summed E-state index contributed by atoms with van der Waals surface area (Å²) < 4.78 is 15.4. The SMILES string of the molecule is B[C@H]1C[C@@H](OC(=O)CCC(=O)OC)[C@@H](CC)O1. The van der Waals surface area contributed by atoms with Gasteiger partial charge in [0.15, 0.2) is 0 Å². The van der Waals surface area contributed by atoms with E-state index in [9.17, 15) is 9.59 Å². The lowest BCUT2D eigenvalue weighted by Crippen LogP contribution is -2.26. The first-order chi connectivity index (χ1) is 8.06. The first kappa shape index (κ1) is 14.0. The fourth-order valence-electron chi connectivity index (χ4n) is 1.94. The Balaban J connectivity index is 2.32. The van der Waals surface area contributed by atoms with E-state index in [1.807, 2.05) is 14.8 Å². The molecule has 0 bridgehead atoms. The molecule has 3 atom stereocenters. The molecule has 0 saturated carbocycles. The quantitative estimate of drug-likeness (QED) is 0.502. The first-order valence-electron chi connectivity index (χ1n) is 5.98. The third-order valence-electron chi connectivity index (χ3n) is 2.83. The summed E-state index contributed by atoms with van der Waals surface area (Å²) in [5.41, 5.74) is 0. The Bertz CT molecular complexity index is 281. The highest BCUT2D eigenvalue weighted by Crippen LogP contribution is 2.24. The number of carbonyl (C=O) groups excluding carboxylic acids is 2. The zero-order chi connectivity index (χ0) is 12.8. The van der Waals surface area contributed by atoms with Crippen molar-refractivity contribution in [2.45, 2.75) is 50.8 Å². The molecule has 0 spiro atoms. The lowest BCUT2D eigenvalue weighted by Gasteiger charge is -2.17. The van der Waals surface area contributed by atoms with Gasteiger partial charge in [0.05, 0.1) is 26.1 Å². The van der Waals surface area contributed by atoms with Gasteiger partial charge in [-0.05, 0) is 6.42 Å². The van der Waals surface area contributed by atoms with Crippen molar-refractivity contribution in [2.75, 3.05) is 7.11 Å². The van der Waals surface area contributed by atoms with Crippen LogP contribution < -0.4 is 0 Å². The fraction of sp³-hybridized carbons (Fsp3) is 0.818. The van der Waals surface area contributed by atoms with E-state index in [4.69, 9.17) is 9.47 Å². The standard InChI is InChI=1S/C11H19BO5/c1-3-7-8(6-9(12)16-7)17-11(14)5-4-10(13)15-2/h7-9H,3-6,12H2,1-2H3/t7-,8-,9-/m1/s1. The average molecular weight is 242 g/mol. The van der Waals surface area contributed by atoms with Gasteiger partial charge in [0.1, 0.15) is 14.0 Å². The van der Waals surface area contributed by atoms with Gasteiger partial charge in [0, 0.05) is 12.4 Å². The Kier molecular flexibility index (Phi) is 5.48. The van der Waals surface area contributed by atoms with Crippen LogP contribution in [0.3, 0.4) is 0 Å². The number of ether oxygens (including phenoxy) is 3. The minimum Gasteiger partial charge on any atom is -0.469 e. The summed E-state index contributed by atoms with van der Waals surface area (Å²) in [6.07, 6.45) is 1.47. The molecule has 1 aliphatic heterocycles.